The number of rotatable bonds is 3. The SMILES string of the molecule is CC1(CNc2ncc(C#Cc3ccccc3)cn2)COC1. The van der Waals surface area contributed by atoms with Gasteiger partial charge in [-0.05, 0) is 12.1 Å². The average molecular weight is 279 g/mol. The van der Waals surface area contributed by atoms with E-state index in [1.807, 2.05) is 30.3 Å². The minimum absolute atomic E-state index is 0.204. The van der Waals surface area contributed by atoms with E-state index in [0.717, 1.165) is 30.9 Å². The second-order valence-corrected chi connectivity index (χ2v) is 5.57. The Morgan fingerprint density at radius 1 is 1.10 bits per heavy atom. The molecule has 0 atom stereocenters. The van der Waals surface area contributed by atoms with E-state index in [4.69, 9.17) is 4.74 Å². The number of nitrogens with zero attached hydrogens (tertiary/aromatic N) is 2. The van der Waals surface area contributed by atoms with Crippen molar-refractivity contribution in [3.8, 4) is 11.8 Å². The van der Waals surface area contributed by atoms with E-state index in [1.165, 1.54) is 0 Å². The van der Waals surface area contributed by atoms with Crippen LogP contribution in [0.5, 0.6) is 0 Å². The summed E-state index contributed by atoms with van der Waals surface area (Å²) in [6, 6.07) is 9.87. The van der Waals surface area contributed by atoms with Crippen LogP contribution < -0.4 is 5.32 Å². The minimum atomic E-state index is 0.204. The van der Waals surface area contributed by atoms with Gasteiger partial charge in [-0.3, -0.25) is 0 Å². The first kappa shape index (κ1) is 13.6. The molecule has 0 radical (unpaired) electrons. The highest BCUT2D eigenvalue weighted by Gasteiger charge is 2.33. The van der Waals surface area contributed by atoms with Gasteiger partial charge in [-0.2, -0.15) is 0 Å². The number of aromatic nitrogens is 2. The maximum atomic E-state index is 5.22. The van der Waals surface area contributed by atoms with Crippen molar-refractivity contribution >= 4 is 5.95 Å². The molecule has 0 unspecified atom stereocenters. The molecule has 1 saturated heterocycles. The number of anilines is 1. The number of ether oxygens (including phenoxy) is 1. The molecular formula is C17H17N3O. The summed E-state index contributed by atoms with van der Waals surface area (Å²) in [6.45, 7) is 4.59. The smallest absolute Gasteiger partial charge is 0.222 e. The van der Waals surface area contributed by atoms with Gasteiger partial charge >= 0.3 is 0 Å². The molecule has 3 rings (SSSR count). The normalized spacial score (nSPS) is 15.5. The Morgan fingerprint density at radius 3 is 2.38 bits per heavy atom. The van der Waals surface area contributed by atoms with Crippen molar-refractivity contribution in [3.05, 3.63) is 53.9 Å². The zero-order chi connectivity index (χ0) is 14.5. The van der Waals surface area contributed by atoms with E-state index in [2.05, 4.69) is 34.0 Å². The van der Waals surface area contributed by atoms with Crippen LogP contribution >= 0.6 is 0 Å². The van der Waals surface area contributed by atoms with Crippen LogP contribution in [0.25, 0.3) is 0 Å². The van der Waals surface area contributed by atoms with Crippen LogP contribution in [0.4, 0.5) is 5.95 Å². The molecule has 0 bridgehead atoms. The van der Waals surface area contributed by atoms with E-state index in [9.17, 15) is 0 Å². The number of benzene rings is 1. The van der Waals surface area contributed by atoms with Gasteiger partial charge in [0.1, 0.15) is 0 Å². The summed E-state index contributed by atoms with van der Waals surface area (Å²) in [5.74, 6) is 6.78. The lowest BCUT2D eigenvalue weighted by molar-refractivity contribution is -0.0925. The highest BCUT2D eigenvalue weighted by atomic mass is 16.5. The fourth-order valence-electron chi connectivity index (χ4n) is 1.99. The number of hydrogen-bond donors (Lipinski definition) is 1. The fraction of sp³-hybridized carbons (Fsp3) is 0.294. The molecule has 21 heavy (non-hydrogen) atoms. The van der Waals surface area contributed by atoms with Gasteiger partial charge in [0.05, 0.1) is 18.8 Å². The lowest BCUT2D eigenvalue weighted by Crippen LogP contribution is -2.45. The van der Waals surface area contributed by atoms with Gasteiger partial charge in [0.2, 0.25) is 5.95 Å². The third kappa shape index (κ3) is 3.59. The van der Waals surface area contributed by atoms with E-state index < -0.39 is 0 Å². The summed E-state index contributed by atoms with van der Waals surface area (Å²) in [5, 5.41) is 3.24. The van der Waals surface area contributed by atoms with Gasteiger partial charge in [0.25, 0.3) is 0 Å². The van der Waals surface area contributed by atoms with Gasteiger partial charge in [-0.25, -0.2) is 9.97 Å². The van der Waals surface area contributed by atoms with Crippen LogP contribution in [0.15, 0.2) is 42.7 Å². The molecule has 1 aromatic heterocycles. The van der Waals surface area contributed by atoms with E-state index >= 15 is 0 Å². The molecule has 0 aliphatic carbocycles. The Bertz CT molecular complexity index is 652. The van der Waals surface area contributed by atoms with Crippen LogP contribution in [0.1, 0.15) is 18.1 Å². The molecule has 4 heteroatoms. The average Bonchev–Trinajstić information content (AvgIpc) is 2.51. The summed E-state index contributed by atoms with van der Waals surface area (Å²) in [7, 11) is 0. The second kappa shape index (κ2) is 5.94. The Balaban J connectivity index is 1.60. The van der Waals surface area contributed by atoms with E-state index in [0.29, 0.717) is 5.95 Å². The lowest BCUT2D eigenvalue weighted by atomic mass is 9.89. The van der Waals surface area contributed by atoms with Gasteiger partial charge in [0.15, 0.2) is 0 Å². The van der Waals surface area contributed by atoms with Crippen LogP contribution in [-0.4, -0.2) is 29.7 Å². The Labute approximate surface area is 124 Å². The molecule has 0 saturated carbocycles. The first-order valence-corrected chi connectivity index (χ1v) is 6.94. The fourth-order valence-corrected chi connectivity index (χ4v) is 1.99. The molecular weight excluding hydrogens is 262 g/mol. The predicted octanol–water partition coefficient (Wildman–Crippen LogP) is 2.32. The molecule has 4 nitrogen and oxygen atoms in total. The summed E-state index contributed by atoms with van der Waals surface area (Å²) in [6.07, 6.45) is 3.48. The standard InChI is InChI=1S/C17H17N3O/c1-17(12-21-13-17)11-20-16-18-9-15(10-19-16)8-7-14-5-3-2-4-6-14/h2-6,9-10H,11-13H2,1H3,(H,18,19,20). The molecule has 1 fully saturated rings. The quantitative estimate of drug-likeness (QED) is 0.876. The van der Waals surface area contributed by atoms with Crippen molar-refractivity contribution in [2.75, 3.05) is 25.1 Å². The van der Waals surface area contributed by atoms with Gasteiger partial charge in [-0.1, -0.05) is 37.0 Å². The molecule has 1 aliphatic rings. The number of nitrogens with one attached hydrogen (secondary N) is 1. The molecule has 0 spiro atoms. The predicted molar refractivity (Wildman–Crippen MR) is 81.9 cm³/mol. The van der Waals surface area contributed by atoms with Crippen LogP contribution in [0.3, 0.4) is 0 Å². The molecule has 106 valence electrons. The van der Waals surface area contributed by atoms with Gasteiger partial charge in [0, 0.05) is 29.9 Å². The van der Waals surface area contributed by atoms with Gasteiger partial charge < -0.3 is 10.1 Å². The summed E-state index contributed by atoms with van der Waals surface area (Å²) in [4.78, 5) is 8.57. The molecule has 0 amide bonds. The molecule has 2 heterocycles. The second-order valence-electron chi connectivity index (χ2n) is 5.57. The van der Waals surface area contributed by atoms with Crippen molar-refractivity contribution in [2.24, 2.45) is 5.41 Å². The van der Waals surface area contributed by atoms with E-state index in [-0.39, 0.29) is 5.41 Å². The summed E-state index contributed by atoms with van der Waals surface area (Å²) >= 11 is 0. The minimum Gasteiger partial charge on any atom is -0.380 e. The molecule has 1 aromatic carbocycles. The van der Waals surface area contributed by atoms with Crippen LogP contribution in [0.2, 0.25) is 0 Å². The lowest BCUT2D eigenvalue weighted by Gasteiger charge is -2.37. The topological polar surface area (TPSA) is 47.0 Å². The third-order valence-electron chi connectivity index (χ3n) is 3.35. The maximum absolute atomic E-state index is 5.22. The Morgan fingerprint density at radius 2 is 1.76 bits per heavy atom. The maximum Gasteiger partial charge on any atom is 0.222 e. The summed E-state index contributed by atoms with van der Waals surface area (Å²) in [5.41, 5.74) is 2.00. The largest absolute Gasteiger partial charge is 0.380 e. The third-order valence-corrected chi connectivity index (χ3v) is 3.35. The van der Waals surface area contributed by atoms with Crippen molar-refractivity contribution < 1.29 is 4.74 Å². The highest BCUT2D eigenvalue weighted by molar-refractivity contribution is 5.41. The van der Waals surface area contributed by atoms with Crippen LogP contribution in [-0.2, 0) is 4.74 Å². The van der Waals surface area contributed by atoms with Crippen molar-refractivity contribution in [2.45, 2.75) is 6.92 Å². The van der Waals surface area contributed by atoms with E-state index in [1.54, 1.807) is 12.4 Å². The molecule has 1 aliphatic heterocycles. The summed E-state index contributed by atoms with van der Waals surface area (Å²) < 4.78 is 5.22. The zero-order valence-corrected chi connectivity index (χ0v) is 12.0. The molecule has 2 aromatic rings. The monoisotopic (exact) mass is 279 g/mol. The molecule has 1 N–H and O–H groups in total. The Kier molecular flexibility index (Phi) is 3.85. The Hall–Kier alpha value is -2.38. The number of hydrogen-bond acceptors (Lipinski definition) is 4. The first-order valence-electron chi connectivity index (χ1n) is 6.94. The first-order chi connectivity index (χ1) is 10.2. The van der Waals surface area contributed by atoms with Crippen LogP contribution in [0, 0.1) is 17.3 Å². The van der Waals surface area contributed by atoms with Crippen molar-refractivity contribution in [1.29, 1.82) is 0 Å². The zero-order valence-electron chi connectivity index (χ0n) is 12.0. The van der Waals surface area contributed by atoms with Gasteiger partial charge in [-0.15, -0.1) is 0 Å². The van der Waals surface area contributed by atoms with Crippen molar-refractivity contribution in [3.63, 3.8) is 0 Å². The highest BCUT2D eigenvalue weighted by Crippen LogP contribution is 2.26. The van der Waals surface area contributed by atoms with Crippen molar-refractivity contribution in [1.82, 2.24) is 9.97 Å².